The third kappa shape index (κ3) is 2.84. The van der Waals surface area contributed by atoms with Crippen LogP contribution in [0, 0.1) is 5.92 Å². The van der Waals surface area contributed by atoms with Gasteiger partial charge in [0.2, 0.25) is 0 Å². The Morgan fingerprint density at radius 2 is 2.04 bits per heavy atom. The molecule has 1 amide bonds. The molecule has 2 bridgehead atoms. The molecule has 2 N–H and O–H groups in total. The van der Waals surface area contributed by atoms with Gasteiger partial charge >= 0.3 is 0 Å². The lowest BCUT2D eigenvalue weighted by molar-refractivity contribution is -0.125. The summed E-state index contributed by atoms with van der Waals surface area (Å²) >= 11 is 0. The number of aliphatic imine (C=N–C) groups is 1. The minimum atomic E-state index is -0.573. The highest BCUT2D eigenvalue weighted by Gasteiger charge is 2.44. The van der Waals surface area contributed by atoms with Crippen LogP contribution in [0.2, 0.25) is 0 Å². The van der Waals surface area contributed by atoms with Gasteiger partial charge < -0.3 is 15.2 Å². The van der Waals surface area contributed by atoms with Crippen molar-refractivity contribution in [1.82, 2.24) is 20.1 Å². The van der Waals surface area contributed by atoms with Crippen LogP contribution in [0.25, 0.3) is 0 Å². The van der Waals surface area contributed by atoms with Gasteiger partial charge in [-0.25, -0.2) is 0 Å². The Bertz CT molecular complexity index is 866. The van der Waals surface area contributed by atoms with E-state index in [0.717, 1.165) is 57.0 Å². The fraction of sp³-hybridized carbons (Fsp3) is 0.650. The maximum absolute atomic E-state index is 13.1. The number of fused-ring (bicyclic) bond motifs is 4. The van der Waals surface area contributed by atoms with Crippen molar-refractivity contribution in [1.29, 1.82) is 0 Å². The average molecular weight is 369 g/mol. The summed E-state index contributed by atoms with van der Waals surface area (Å²) in [6.07, 6.45) is 2.64. The molecule has 0 saturated carbocycles. The molecular formula is C20H27N5O2. The van der Waals surface area contributed by atoms with E-state index in [4.69, 9.17) is 0 Å². The summed E-state index contributed by atoms with van der Waals surface area (Å²) in [7, 11) is 0. The Morgan fingerprint density at radius 3 is 2.78 bits per heavy atom. The average Bonchev–Trinajstić information content (AvgIpc) is 2.93. The molecule has 7 heteroatoms. The highest BCUT2D eigenvalue weighted by molar-refractivity contribution is 6.07. The third-order valence-corrected chi connectivity index (χ3v) is 6.76. The zero-order chi connectivity index (χ0) is 18.6. The van der Waals surface area contributed by atoms with E-state index in [1.54, 1.807) is 0 Å². The summed E-state index contributed by atoms with van der Waals surface area (Å²) in [5.41, 5.74) is 1.67. The second-order valence-electron chi connectivity index (χ2n) is 8.62. The van der Waals surface area contributed by atoms with Gasteiger partial charge in [-0.05, 0) is 44.7 Å². The summed E-state index contributed by atoms with van der Waals surface area (Å²) < 4.78 is 2.03. The van der Waals surface area contributed by atoms with Crippen LogP contribution in [0.4, 0.5) is 0 Å². The highest BCUT2D eigenvalue weighted by Crippen LogP contribution is 2.33. The quantitative estimate of drug-likeness (QED) is 0.793. The number of hydrogen-bond donors (Lipinski definition) is 2. The van der Waals surface area contributed by atoms with Gasteiger partial charge in [-0.15, -0.1) is 0 Å². The van der Waals surface area contributed by atoms with Gasteiger partial charge in [-0.1, -0.05) is 6.07 Å². The molecule has 4 aliphatic rings. The van der Waals surface area contributed by atoms with Crippen molar-refractivity contribution in [3.05, 3.63) is 33.7 Å². The molecule has 4 aliphatic heterocycles. The SMILES string of the molecule is CC1=NC2(CCN(Cc3ccc4n(c3=O)C[C@@H]3CNC[C@H]4C3)CC2)C(=O)N1. The first-order chi connectivity index (χ1) is 13.0. The largest absolute Gasteiger partial charge is 0.316 e. The molecule has 1 aromatic heterocycles. The van der Waals surface area contributed by atoms with E-state index in [9.17, 15) is 9.59 Å². The number of carbonyl (C=O) groups excluding carboxylic acids is 1. The first-order valence-corrected chi connectivity index (χ1v) is 10.1. The number of pyridine rings is 1. The molecule has 2 saturated heterocycles. The third-order valence-electron chi connectivity index (χ3n) is 6.76. The Kier molecular flexibility index (Phi) is 3.98. The van der Waals surface area contributed by atoms with Crippen molar-refractivity contribution >= 4 is 11.7 Å². The van der Waals surface area contributed by atoms with Crippen LogP contribution in [0.3, 0.4) is 0 Å². The molecule has 7 nitrogen and oxygen atoms in total. The van der Waals surface area contributed by atoms with Crippen LogP contribution in [-0.4, -0.2) is 52.9 Å². The van der Waals surface area contributed by atoms with Crippen LogP contribution in [0.5, 0.6) is 0 Å². The van der Waals surface area contributed by atoms with Gasteiger partial charge in [0.1, 0.15) is 11.4 Å². The molecule has 1 spiro atoms. The number of amidine groups is 1. The monoisotopic (exact) mass is 369 g/mol. The number of nitrogens with zero attached hydrogens (tertiary/aromatic N) is 3. The lowest BCUT2D eigenvalue weighted by Crippen LogP contribution is -2.49. The van der Waals surface area contributed by atoms with Gasteiger partial charge in [0.15, 0.2) is 0 Å². The standard InChI is InChI=1S/C20H27N5O2/c1-13-22-19(27)20(23-13)4-6-24(7-5-20)12-15-2-3-17-16-8-14(9-21-10-16)11-25(17)18(15)26/h2-3,14,16,21H,4-12H2,1H3,(H,22,23,27)/t14-,16+/m0/s1. The number of nitrogens with one attached hydrogen (secondary N) is 2. The van der Waals surface area contributed by atoms with E-state index in [1.165, 1.54) is 12.1 Å². The molecule has 0 aliphatic carbocycles. The second kappa shape index (κ2) is 6.27. The highest BCUT2D eigenvalue weighted by atomic mass is 16.2. The molecule has 2 atom stereocenters. The zero-order valence-corrected chi connectivity index (χ0v) is 15.8. The van der Waals surface area contributed by atoms with Crippen LogP contribution in [0.1, 0.15) is 43.4 Å². The summed E-state index contributed by atoms with van der Waals surface area (Å²) in [4.78, 5) is 32.2. The van der Waals surface area contributed by atoms with Crippen molar-refractivity contribution in [2.24, 2.45) is 10.9 Å². The van der Waals surface area contributed by atoms with E-state index in [2.05, 4.69) is 26.6 Å². The Labute approximate surface area is 158 Å². The van der Waals surface area contributed by atoms with Crippen molar-refractivity contribution in [3.63, 3.8) is 0 Å². The number of carbonyl (C=O) groups is 1. The summed E-state index contributed by atoms with van der Waals surface area (Å²) in [5.74, 6) is 1.80. The van der Waals surface area contributed by atoms with Crippen molar-refractivity contribution in [2.75, 3.05) is 26.2 Å². The van der Waals surface area contributed by atoms with Gasteiger partial charge in [0.25, 0.3) is 11.5 Å². The number of likely N-dealkylation sites (tertiary alicyclic amines) is 1. The lowest BCUT2D eigenvalue weighted by atomic mass is 9.84. The number of piperidine rings is 2. The van der Waals surface area contributed by atoms with Crippen LogP contribution in [-0.2, 0) is 17.9 Å². The topological polar surface area (TPSA) is 78.7 Å². The van der Waals surface area contributed by atoms with Crippen LogP contribution >= 0.6 is 0 Å². The van der Waals surface area contributed by atoms with Gasteiger partial charge in [-0.2, -0.15) is 0 Å². The number of aromatic nitrogens is 1. The molecule has 0 aromatic carbocycles. The first kappa shape index (κ1) is 17.1. The predicted molar refractivity (Wildman–Crippen MR) is 103 cm³/mol. The Morgan fingerprint density at radius 1 is 1.22 bits per heavy atom. The van der Waals surface area contributed by atoms with E-state index in [-0.39, 0.29) is 11.5 Å². The minimum absolute atomic E-state index is 0.0358. The van der Waals surface area contributed by atoms with Gasteiger partial charge in [0, 0.05) is 49.9 Å². The molecule has 0 radical (unpaired) electrons. The number of hydrogen-bond acceptors (Lipinski definition) is 5. The number of amides is 1. The van der Waals surface area contributed by atoms with E-state index in [1.807, 2.05) is 17.6 Å². The number of rotatable bonds is 2. The molecule has 1 aromatic rings. The molecular weight excluding hydrogens is 342 g/mol. The minimum Gasteiger partial charge on any atom is -0.316 e. The molecule has 27 heavy (non-hydrogen) atoms. The fourth-order valence-electron chi connectivity index (χ4n) is 5.30. The fourth-order valence-corrected chi connectivity index (χ4v) is 5.30. The molecule has 0 unspecified atom stereocenters. The summed E-state index contributed by atoms with van der Waals surface area (Å²) in [5, 5.41) is 6.33. The van der Waals surface area contributed by atoms with Gasteiger partial charge in [-0.3, -0.25) is 19.5 Å². The maximum Gasteiger partial charge on any atom is 0.255 e. The predicted octanol–water partition coefficient (Wildman–Crippen LogP) is 0.438. The summed E-state index contributed by atoms with van der Waals surface area (Å²) in [6, 6.07) is 4.19. The van der Waals surface area contributed by atoms with Crippen LogP contribution in [0.15, 0.2) is 21.9 Å². The van der Waals surface area contributed by atoms with Crippen molar-refractivity contribution in [2.45, 2.75) is 50.7 Å². The molecule has 5 heterocycles. The van der Waals surface area contributed by atoms with E-state index < -0.39 is 5.54 Å². The Balaban J connectivity index is 1.32. The lowest BCUT2D eigenvalue weighted by Gasteiger charge is -2.38. The molecule has 5 rings (SSSR count). The molecule has 144 valence electrons. The van der Waals surface area contributed by atoms with Gasteiger partial charge in [0.05, 0.1) is 0 Å². The van der Waals surface area contributed by atoms with Crippen molar-refractivity contribution < 1.29 is 4.79 Å². The first-order valence-electron chi connectivity index (χ1n) is 10.1. The Hall–Kier alpha value is -1.99. The smallest absolute Gasteiger partial charge is 0.255 e. The molecule has 2 fully saturated rings. The summed E-state index contributed by atoms with van der Waals surface area (Å²) in [6.45, 7) is 6.92. The van der Waals surface area contributed by atoms with E-state index >= 15 is 0 Å². The zero-order valence-electron chi connectivity index (χ0n) is 15.8. The van der Waals surface area contributed by atoms with E-state index in [0.29, 0.717) is 18.4 Å². The van der Waals surface area contributed by atoms with Crippen molar-refractivity contribution in [3.8, 4) is 0 Å². The normalized spacial score (nSPS) is 29.4. The second-order valence-corrected chi connectivity index (χ2v) is 8.62. The maximum atomic E-state index is 13.1. The van der Waals surface area contributed by atoms with Crippen LogP contribution < -0.4 is 16.2 Å².